The van der Waals surface area contributed by atoms with E-state index in [4.69, 9.17) is 10.5 Å². The number of ether oxygens (including phenoxy) is 1. The summed E-state index contributed by atoms with van der Waals surface area (Å²) in [6, 6.07) is 0. The summed E-state index contributed by atoms with van der Waals surface area (Å²) in [5.41, 5.74) is 0. The molecule has 0 fully saturated rings. The molecule has 0 heterocycles. The second kappa shape index (κ2) is 23.1. The Morgan fingerprint density at radius 3 is 1.96 bits per heavy atom. The van der Waals surface area contributed by atoms with Crippen molar-refractivity contribution >= 4 is 5.97 Å². The van der Waals surface area contributed by atoms with E-state index in [1.165, 1.54) is 58.5 Å². The van der Waals surface area contributed by atoms with Gasteiger partial charge in [-0.25, -0.2) is 0 Å². The average molecular weight is 327 g/mol. The van der Waals surface area contributed by atoms with E-state index < -0.39 is 0 Å². The lowest BCUT2D eigenvalue weighted by molar-refractivity contribution is -0.670. The summed E-state index contributed by atoms with van der Waals surface area (Å²) in [6.07, 6.45) is 23.0. The van der Waals surface area contributed by atoms with Crippen LogP contribution in [-0.2, 0) is 9.53 Å². The van der Waals surface area contributed by atoms with Crippen LogP contribution in [0.5, 0.6) is 0 Å². The molecule has 23 heavy (non-hydrogen) atoms. The zero-order chi connectivity index (χ0) is 17.6. The summed E-state index contributed by atoms with van der Waals surface area (Å²) in [5.74, 6) is -0.0827. The first-order valence-corrected chi connectivity index (χ1v) is 8.86. The molecule has 1 N–H and O–H groups in total. The molecule has 0 aliphatic carbocycles. The van der Waals surface area contributed by atoms with Crippen molar-refractivity contribution in [1.82, 2.24) is 0 Å². The van der Waals surface area contributed by atoms with Crippen LogP contribution in [0.1, 0.15) is 84.0 Å². The molecule has 0 atom stereocenters. The third-order valence-corrected chi connectivity index (χ3v) is 3.56. The van der Waals surface area contributed by atoms with Crippen LogP contribution in [0.2, 0.25) is 0 Å². The smallest absolute Gasteiger partial charge is 0.305 e. The Morgan fingerprint density at radius 1 is 0.870 bits per heavy atom. The molecular weight excluding hydrogens is 292 g/mol. The van der Waals surface area contributed by atoms with E-state index in [-0.39, 0.29) is 5.97 Å². The van der Waals surface area contributed by atoms with Gasteiger partial charge in [0, 0.05) is 6.42 Å². The molecule has 4 heteroatoms. The van der Waals surface area contributed by atoms with Gasteiger partial charge in [0.05, 0.1) is 7.11 Å². The Kier molecular flexibility index (Phi) is 24.3. The molecule has 0 amide bonds. The molecule has 0 aliphatic rings. The highest BCUT2D eigenvalue weighted by molar-refractivity contribution is 5.68. The average Bonchev–Trinajstić information content (AvgIpc) is 2.59. The molecule has 0 saturated carbocycles. The van der Waals surface area contributed by atoms with Crippen LogP contribution in [0.25, 0.3) is 0 Å². The fourth-order valence-electron chi connectivity index (χ4n) is 2.18. The van der Waals surface area contributed by atoms with Gasteiger partial charge in [0.1, 0.15) is 0 Å². The third kappa shape index (κ3) is 23.3. The molecule has 0 bridgehead atoms. The van der Waals surface area contributed by atoms with Gasteiger partial charge < -0.3 is 15.3 Å². The number of carbonyl (C=O) groups is 1. The van der Waals surface area contributed by atoms with Gasteiger partial charge in [-0.15, -0.1) is 0 Å². The lowest BCUT2D eigenvalue weighted by atomic mass is 10.1. The fraction of sp³-hybridized carbons (Fsp3) is 0.737. The monoisotopic (exact) mass is 327 g/mol. The maximum atomic E-state index is 10.9. The summed E-state index contributed by atoms with van der Waals surface area (Å²) >= 11 is 0. The quantitative estimate of drug-likeness (QED) is 0.164. The summed E-state index contributed by atoms with van der Waals surface area (Å²) in [5, 5.41) is 13.0. The normalized spacial score (nSPS) is 10.8. The van der Waals surface area contributed by atoms with Crippen molar-refractivity contribution in [3.05, 3.63) is 24.3 Å². The number of hydrogen-bond acceptors (Lipinski definition) is 4. The van der Waals surface area contributed by atoms with Crippen molar-refractivity contribution in [2.45, 2.75) is 84.0 Å². The molecule has 0 aromatic rings. The van der Waals surface area contributed by atoms with Gasteiger partial charge in [-0.3, -0.25) is 4.79 Å². The van der Waals surface area contributed by atoms with Gasteiger partial charge in [0.15, 0.2) is 0 Å². The molecule has 0 saturated heterocycles. The van der Waals surface area contributed by atoms with E-state index in [1.54, 1.807) is 0 Å². The van der Waals surface area contributed by atoms with Crippen molar-refractivity contribution in [3.8, 4) is 0 Å². The molecule has 136 valence electrons. The van der Waals surface area contributed by atoms with E-state index in [2.05, 4.69) is 36.0 Å². The van der Waals surface area contributed by atoms with Crippen molar-refractivity contribution in [2.75, 3.05) is 7.11 Å². The molecule has 0 radical (unpaired) electrons. The fourth-order valence-corrected chi connectivity index (χ4v) is 2.18. The van der Waals surface area contributed by atoms with Crippen molar-refractivity contribution in [3.63, 3.8) is 0 Å². The Hall–Kier alpha value is -1.13. The number of carbonyl (C=O) groups excluding carboxylic acids is 1. The van der Waals surface area contributed by atoms with Crippen molar-refractivity contribution in [2.24, 2.45) is 0 Å². The first-order chi connectivity index (χ1) is 11.3. The molecule has 0 aliphatic heterocycles. The predicted octanol–water partition coefficient (Wildman–Crippen LogP) is 4.79. The Balaban J connectivity index is 0. The SMILES string of the molecule is CCCCCC=CCC=CCCCCCCCC(=O)OC.[O-]O. The second-order valence-corrected chi connectivity index (χ2v) is 5.56. The minimum absolute atomic E-state index is 0.0827. The van der Waals surface area contributed by atoms with Crippen LogP contribution in [0.3, 0.4) is 0 Å². The van der Waals surface area contributed by atoms with Gasteiger partial charge in [0.25, 0.3) is 0 Å². The summed E-state index contributed by atoms with van der Waals surface area (Å²) in [4.78, 5) is 10.9. The minimum atomic E-state index is -0.0827. The summed E-state index contributed by atoms with van der Waals surface area (Å²) in [6.45, 7) is 2.24. The maximum absolute atomic E-state index is 10.9. The minimum Gasteiger partial charge on any atom is -0.727 e. The first-order valence-electron chi connectivity index (χ1n) is 8.86. The highest BCUT2D eigenvalue weighted by Gasteiger charge is 1.98. The van der Waals surface area contributed by atoms with E-state index in [0.29, 0.717) is 6.42 Å². The van der Waals surface area contributed by atoms with Crippen LogP contribution in [0.4, 0.5) is 0 Å². The number of esters is 1. The highest BCUT2D eigenvalue weighted by atomic mass is 17.0. The van der Waals surface area contributed by atoms with Crippen LogP contribution in [0, 0.1) is 0 Å². The molecule has 0 unspecified atom stereocenters. The van der Waals surface area contributed by atoms with Gasteiger partial charge in [-0.2, -0.15) is 0 Å². The van der Waals surface area contributed by atoms with Gasteiger partial charge in [0.2, 0.25) is 0 Å². The molecule has 0 spiro atoms. The van der Waals surface area contributed by atoms with E-state index >= 15 is 0 Å². The van der Waals surface area contributed by atoms with Gasteiger partial charge in [-0.1, -0.05) is 63.3 Å². The lowest BCUT2D eigenvalue weighted by Gasteiger charge is -1.99. The van der Waals surface area contributed by atoms with Gasteiger partial charge in [-0.05, 0) is 38.5 Å². The lowest BCUT2D eigenvalue weighted by Crippen LogP contribution is -1.98. The molecular formula is C19H35O4-. The Labute approximate surface area is 142 Å². The van der Waals surface area contributed by atoms with Crippen molar-refractivity contribution < 1.29 is 20.0 Å². The standard InChI is InChI=1S/C19H34O2.H2O2/c1-3-4-5-6-7-8-9-10-11-12-13-14-15-16-17-18-19(20)21-2;1-2/h7-8,10-11H,3-6,9,12-18H2,1-2H3;1-2H/p-1. The summed E-state index contributed by atoms with van der Waals surface area (Å²) in [7, 11) is 1.45. The molecule has 0 aromatic carbocycles. The first kappa shape index (κ1) is 24.1. The summed E-state index contributed by atoms with van der Waals surface area (Å²) < 4.78 is 4.62. The Bertz CT molecular complexity index is 285. The van der Waals surface area contributed by atoms with Crippen LogP contribution in [-0.4, -0.2) is 18.3 Å². The third-order valence-electron chi connectivity index (χ3n) is 3.56. The van der Waals surface area contributed by atoms with Crippen molar-refractivity contribution in [1.29, 1.82) is 0 Å². The topological polar surface area (TPSA) is 69.6 Å². The van der Waals surface area contributed by atoms with Crippen LogP contribution >= 0.6 is 0 Å². The number of rotatable bonds is 14. The largest absolute Gasteiger partial charge is 0.727 e. The van der Waals surface area contributed by atoms with Crippen LogP contribution in [0.15, 0.2) is 24.3 Å². The number of allylic oxidation sites excluding steroid dienone is 4. The number of hydrogen-bond donors (Lipinski definition) is 1. The Morgan fingerprint density at radius 2 is 1.39 bits per heavy atom. The molecule has 4 nitrogen and oxygen atoms in total. The predicted molar refractivity (Wildman–Crippen MR) is 94.0 cm³/mol. The second-order valence-electron chi connectivity index (χ2n) is 5.56. The van der Waals surface area contributed by atoms with Gasteiger partial charge >= 0.3 is 5.97 Å². The number of methoxy groups -OCH3 is 1. The molecule has 0 rings (SSSR count). The van der Waals surface area contributed by atoms with Crippen LogP contribution < -0.4 is 5.26 Å². The van der Waals surface area contributed by atoms with E-state index in [9.17, 15) is 4.79 Å². The zero-order valence-corrected chi connectivity index (χ0v) is 15.0. The highest BCUT2D eigenvalue weighted by Crippen LogP contribution is 2.08. The maximum Gasteiger partial charge on any atom is 0.305 e. The van der Waals surface area contributed by atoms with E-state index in [0.717, 1.165) is 19.3 Å². The van der Waals surface area contributed by atoms with E-state index in [1.807, 2.05) is 0 Å². The molecule has 0 aromatic heterocycles. The number of unbranched alkanes of at least 4 members (excludes halogenated alkanes) is 8. The zero-order valence-electron chi connectivity index (χ0n) is 15.0.